The average Bonchev–Trinajstić information content (AvgIpc) is 2.32. The Labute approximate surface area is 94.8 Å². The molecule has 0 fully saturated rings. The van der Waals surface area contributed by atoms with Gasteiger partial charge in [-0.2, -0.15) is 0 Å². The van der Waals surface area contributed by atoms with Crippen LogP contribution in [-0.4, -0.2) is 11.2 Å². The molecule has 0 radical (unpaired) electrons. The molecule has 1 aromatic carbocycles. The molecule has 86 valence electrons. The second-order valence-electron chi connectivity index (χ2n) is 2.67. The van der Waals surface area contributed by atoms with Crippen molar-refractivity contribution in [1.29, 1.82) is 0 Å². The van der Waals surface area contributed by atoms with Gasteiger partial charge in [0.15, 0.2) is 0 Å². The van der Waals surface area contributed by atoms with Crippen molar-refractivity contribution in [3.63, 3.8) is 0 Å². The van der Waals surface area contributed by atoms with Crippen molar-refractivity contribution in [2.24, 2.45) is 0 Å². The Morgan fingerprint density at radius 3 is 2.31 bits per heavy atom. The van der Waals surface area contributed by atoms with Crippen molar-refractivity contribution in [2.75, 3.05) is 0 Å². The van der Waals surface area contributed by atoms with Crippen LogP contribution in [-0.2, 0) is 4.79 Å². The first kappa shape index (κ1) is 14.0. The molecular weight excluding hydrogens is 206 g/mol. The normalized spacial score (nSPS) is 10.0. The smallest absolute Gasteiger partial charge is 0.253 e. The minimum atomic E-state index is -0.540. The van der Waals surface area contributed by atoms with Crippen molar-refractivity contribution in [2.45, 2.75) is 20.3 Å². The monoisotopic (exact) mass is 221 g/mol. The highest BCUT2D eigenvalue weighted by atomic mass is 16.6. The number of allylic oxidation sites excluding steroid dienone is 1. The van der Waals surface area contributed by atoms with Gasteiger partial charge in [0, 0.05) is 6.08 Å². The molecule has 0 atom stereocenters. The lowest BCUT2D eigenvalue weighted by Crippen LogP contribution is -1.98. The topological polar surface area (TPSA) is 60.2 Å². The summed E-state index contributed by atoms with van der Waals surface area (Å²) in [5.41, 5.74) is 0.632. The largest absolute Gasteiger partial charge is 0.303 e. The van der Waals surface area contributed by atoms with Crippen LogP contribution in [0.4, 0.5) is 0 Å². The molecule has 0 aliphatic carbocycles. The van der Waals surface area contributed by atoms with Gasteiger partial charge in [0.2, 0.25) is 0 Å². The summed E-state index contributed by atoms with van der Waals surface area (Å²) < 4.78 is 0. The maximum atomic E-state index is 10.5. The van der Waals surface area contributed by atoms with Crippen molar-refractivity contribution in [1.82, 2.24) is 0 Å². The Morgan fingerprint density at radius 1 is 1.31 bits per heavy atom. The number of aldehydes is 1. The van der Waals surface area contributed by atoms with Crippen LogP contribution in [0.15, 0.2) is 36.0 Å². The van der Waals surface area contributed by atoms with E-state index in [9.17, 15) is 14.9 Å². The summed E-state index contributed by atoms with van der Waals surface area (Å²) in [5, 5.41) is 10.5. The minimum Gasteiger partial charge on any atom is -0.303 e. The molecule has 0 spiro atoms. The highest BCUT2D eigenvalue weighted by Gasteiger charge is 2.08. The van der Waals surface area contributed by atoms with Gasteiger partial charge in [-0.15, -0.1) is 0 Å². The van der Waals surface area contributed by atoms with E-state index in [1.165, 1.54) is 6.08 Å². The average molecular weight is 221 g/mol. The molecule has 1 aromatic rings. The summed E-state index contributed by atoms with van der Waals surface area (Å²) in [6.07, 6.45) is 1.76. The van der Waals surface area contributed by atoms with Crippen LogP contribution in [0.25, 0.3) is 6.08 Å². The summed E-state index contributed by atoms with van der Waals surface area (Å²) in [6, 6.07) is 8.88. The quantitative estimate of drug-likeness (QED) is 0.446. The second-order valence-corrected chi connectivity index (χ2v) is 2.67. The van der Waals surface area contributed by atoms with Gasteiger partial charge in [0.25, 0.3) is 5.70 Å². The summed E-state index contributed by atoms with van der Waals surface area (Å²) >= 11 is 0. The third-order valence-electron chi connectivity index (χ3n) is 1.66. The number of benzene rings is 1. The Morgan fingerprint density at radius 2 is 1.88 bits per heavy atom. The van der Waals surface area contributed by atoms with Gasteiger partial charge in [0.05, 0.1) is 11.3 Å². The molecule has 0 bridgehead atoms. The number of nitro groups is 1. The number of nitrogens with zero attached hydrogens (tertiary/aromatic N) is 1. The second kappa shape index (κ2) is 8.35. The third-order valence-corrected chi connectivity index (χ3v) is 1.66. The maximum absolute atomic E-state index is 10.5. The highest BCUT2D eigenvalue weighted by molar-refractivity contribution is 5.59. The zero-order chi connectivity index (χ0) is 12.4. The van der Waals surface area contributed by atoms with E-state index in [1.807, 2.05) is 19.9 Å². The van der Waals surface area contributed by atoms with Gasteiger partial charge in [-0.05, 0) is 5.56 Å². The molecule has 4 nitrogen and oxygen atoms in total. The van der Waals surface area contributed by atoms with Crippen LogP contribution in [0, 0.1) is 10.1 Å². The SMILES string of the molecule is CC.O=CC/C(=C/c1ccccc1)[N+](=O)[O-]. The molecule has 0 aliphatic heterocycles. The van der Waals surface area contributed by atoms with E-state index in [0.29, 0.717) is 6.29 Å². The molecule has 0 unspecified atom stereocenters. The summed E-state index contributed by atoms with van der Waals surface area (Å²) in [5.74, 6) is 0. The molecule has 0 saturated heterocycles. The van der Waals surface area contributed by atoms with E-state index >= 15 is 0 Å². The van der Waals surface area contributed by atoms with E-state index in [1.54, 1.807) is 24.3 Å². The molecule has 0 aromatic heterocycles. The van der Waals surface area contributed by atoms with Crippen molar-refractivity contribution >= 4 is 12.4 Å². The lowest BCUT2D eigenvalue weighted by atomic mass is 10.2. The van der Waals surface area contributed by atoms with Crippen LogP contribution in [0.1, 0.15) is 25.8 Å². The fourth-order valence-corrected chi connectivity index (χ4v) is 1.01. The molecule has 0 N–H and O–H groups in total. The highest BCUT2D eigenvalue weighted by Crippen LogP contribution is 2.08. The van der Waals surface area contributed by atoms with Gasteiger partial charge in [-0.25, -0.2) is 0 Å². The van der Waals surface area contributed by atoms with Crippen molar-refractivity contribution < 1.29 is 9.72 Å². The van der Waals surface area contributed by atoms with Gasteiger partial charge in [-0.1, -0.05) is 44.2 Å². The molecule has 1 rings (SSSR count). The zero-order valence-electron chi connectivity index (χ0n) is 9.42. The lowest BCUT2D eigenvalue weighted by molar-refractivity contribution is -0.424. The molecular formula is C12H15NO3. The first-order chi connectivity index (χ1) is 7.74. The van der Waals surface area contributed by atoms with Crippen molar-refractivity contribution in [3.8, 4) is 0 Å². The predicted octanol–water partition coefficient (Wildman–Crippen LogP) is 2.92. The Hall–Kier alpha value is -1.97. The fourth-order valence-electron chi connectivity index (χ4n) is 1.01. The van der Waals surface area contributed by atoms with Crippen LogP contribution >= 0.6 is 0 Å². The molecule has 0 saturated carbocycles. The number of hydrogen-bond acceptors (Lipinski definition) is 3. The van der Waals surface area contributed by atoms with E-state index in [-0.39, 0.29) is 12.1 Å². The van der Waals surface area contributed by atoms with E-state index in [4.69, 9.17) is 0 Å². The first-order valence-electron chi connectivity index (χ1n) is 5.07. The van der Waals surface area contributed by atoms with Crippen LogP contribution in [0.2, 0.25) is 0 Å². The van der Waals surface area contributed by atoms with E-state index in [0.717, 1.165) is 5.56 Å². The van der Waals surface area contributed by atoms with E-state index in [2.05, 4.69) is 0 Å². The molecule has 16 heavy (non-hydrogen) atoms. The third kappa shape index (κ3) is 5.05. The maximum Gasteiger partial charge on any atom is 0.253 e. The Kier molecular flexibility index (Phi) is 7.32. The number of carbonyl (C=O) groups is 1. The zero-order valence-corrected chi connectivity index (χ0v) is 9.42. The summed E-state index contributed by atoms with van der Waals surface area (Å²) in [6.45, 7) is 4.00. The van der Waals surface area contributed by atoms with Crippen LogP contribution in [0.3, 0.4) is 0 Å². The predicted molar refractivity (Wildman–Crippen MR) is 63.4 cm³/mol. The first-order valence-corrected chi connectivity index (χ1v) is 5.07. The fraction of sp³-hybridized carbons (Fsp3) is 0.250. The lowest BCUT2D eigenvalue weighted by Gasteiger charge is -1.93. The molecule has 0 aliphatic rings. The summed E-state index contributed by atoms with van der Waals surface area (Å²) in [4.78, 5) is 20.1. The summed E-state index contributed by atoms with van der Waals surface area (Å²) in [7, 11) is 0. The van der Waals surface area contributed by atoms with Gasteiger partial charge in [0.1, 0.15) is 6.29 Å². The van der Waals surface area contributed by atoms with Crippen molar-refractivity contribution in [3.05, 3.63) is 51.7 Å². The van der Waals surface area contributed by atoms with Crippen LogP contribution < -0.4 is 0 Å². The number of carbonyl (C=O) groups excluding carboxylic acids is 1. The molecule has 0 amide bonds. The minimum absolute atomic E-state index is 0.0915. The van der Waals surface area contributed by atoms with Gasteiger partial charge < -0.3 is 4.79 Å². The Balaban J connectivity index is 0.00000106. The standard InChI is InChI=1S/C10H9NO3.C2H6/c12-7-6-10(11(13)14)8-9-4-2-1-3-5-9;1-2/h1-5,7-8H,6H2;1-2H3/b10-8-;. The van der Waals surface area contributed by atoms with Gasteiger partial charge in [-0.3, -0.25) is 10.1 Å². The Bertz CT molecular complexity index is 358. The van der Waals surface area contributed by atoms with Crippen LogP contribution in [0.5, 0.6) is 0 Å². The number of hydrogen-bond donors (Lipinski definition) is 0. The van der Waals surface area contributed by atoms with Gasteiger partial charge >= 0.3 is 0 Å². The number of rotatable bonds is 4. The molecule has 0 heterocycles. The van der Waals surface area contributed by atoms with E-state index < -0.39 is 4.92 Å². The molecule has 4 heteroatoms.